The van der Waals surface area contributed by atoms with Crippen molar-refractivity contribution in [2.45, 2.75) is 20.3 Å². The highest BCUT2D eigenvalue weighted by atomic mass is 32.1. The number of thiophene rings is 1. The van der Waals surface area contributed by atoms with E-state index in [0.29, 0.717) is 0 Å². The van der Waals surface area contributed by atoms with E-state index < -0.39 is 0 Å². The van der Waals surface area contributed by atoms with Crippen molar-refractivity contribution in [2.24, 2.45) is 0 Å². The molecule has 0 fully saturated rings. The van der Waals surface area contributed by atoms with E-state index in [4.69, 9.17) is 4.74 Å². The minimum atomic E-state index is 1.05. The molecule has 0 spiro atoms. The fraction of sp³-hybridized carbons (Fsp3) is 0.500. The summed E-state index contributed by atoms with van der Waals surface area (Å²) in [6, 6.07) is 2.09. The summed E-state index contributed by atoms with van der Waals surface area (Å²) in [5, 5.41) is 0. The van der Waals surface area contributed by atoms with Gasteiger partial charge in [-0.25, -0.2) is 0 Å². The predicted octanol–water partition coefficient (Wildman–Crippen LogP) is 2.63. The van der Waals surface area contributed by atoms with Crippen molar-refractivity contribution in [1.29, 1.82) is 0 Å². The van der Waals surface area contributed by atoms with Crippen LogP contribution in [0, 0.1) is 6.92 Å². The molecule has 1 nitrogen and oxygen atoms in total. The molecule has 1 rings (SSSR count). The van der Waals surface area contributed by atoms with Gasteiger partial charge in [0.15, 0.2) is 0 Å². The Hall–Kier alpha value is -0.500. The van der Waals surface area contributed by atoms with Gasteiger partial charge in [0, 0.05) is 9.75 Å². The molecule has 0 amide bonds. The third-order valence-electron chi connectivity index (χ3n) is 1.43. The Bertz CT molecular complexity index is 194. The van der Waals surface area contributed by atoms with Gasteiger partial charge in [0.2, 0.25) is 0 Å². The lowest BCUT2D eigenvalue weighted by Crippen LogP contribution is -1.82. The van der Waals surface area contributed by atoms with Gasteiger partial charge in [-0.3, -0.25) is 0 Å². The van der Waals surface area contributed by atoms with E-state index >= 15 is 0 Å². The summed E-state index contributed by atoms with van der Waals surface area (Å²) in [5.41, 5.74) is 0. The topological polar surface area (TPSA) is 9.23 Å². The second kappa shape index (κ2) is 3.06. The van der Waals surface area contributed by atoms with Crippen molar-refractivity contribution in [3.63, 3.8) is 0 Å². The van der Waals surface area contributed by atoms with E-state index in [0.717, 1.165) is 12.2 Å². The van der Waals surface area contributed by atoms with Crippen LogP contribution in [0.1, 0.15) is 16.7 Å². The quantitative estimate of drug-likeness (QED) is 0.639. The molecule has 0 aliphatic carbocycles. The van der Waals surface area contributed by atoms with Crippen LogP contribution in [-0.2, 0) is 6.42 Å². The zero-order valence-electron chi connectivity index (χ0n) is 6.60. The van der Waals surface area contributed by atoms with E-state index in [1.165, 1.54) is 9.75 Å². The number of rotatable bonds is 2. The number of ether oxygens (including phenoxy) is 1. The van der Waals surface area contributed by atoms with Gasteiger partial charge in [0.1, 0.15) is 5.75 Å². The largest absolute Gasteiger partial charge is 0.496 e. The summed E-state index contributed by atoms with van der Waals surface area (Å²) < 4.78 is 5.17. The van der Waals surface area contributed by atoms with Crippen LogP contribution in [0.4, 0.5) is 0 Å². The molecule has 0 N–H and O–H groups in total. The highest BCUT2D eigenvalue weighted by Crippen LogP contribution is 2.28. The number of hydrogen-bond donors (Lipinski definition) is 0. The van der Waals surface area contributed by atoms with Gasteiger partial charge in [-0.1, -0.05) is 6.92 Å². The third kappa shape index (κ3) is 1.32. The molecule has 2 heteroatoms. The summed E-state index contributed by atoms with van der Waals surface area (Å²) in [5.74, 6) is 1.05. The second-order valence-electron chi connectivity index (χ2n) is 2.20. The Balaban J connectivity index is 2.96. The van der Waals surface area contributed by atoms with Gasteiger partial charge in [-0.2, -0.15) is 0 Å². The Morgan fingerprint density at radius 1 is 1.60 bits per heavy atom. The van der Waals surface area contributed by atoms with Crippen molar-refractivity contribution in [3.05, 3.63) is 15.8 Å². The maximum Gasteiger partial charge on any atom is 0.132 e. The summed E-state index contributed by atoms with van der Waals surface area (Å²) in [6.07, 6.45) is 1.07. The molecule has 0 unspecified atom stereocenters. The van der Waals surface area contributed by atoms with Gasteiger partial charge in [0.05, 0.1) is 7.11 Å². The number of methoxy groups -OCH3 is 1. The molecule has 0 atom stereocenters. The fourth-order valence-electron chi connectivity index (χ4n) is 0.958. The summed E-state index contributed by atoms with van der Waals surface area (Å²) in [6.45, 7) is 4.25. The van der Waals surface area contributed by atoms with Crippen LogP contribution in [0.15, 0.2) is 6.07 Å². The first-order chi connectivity index (χ1) is 4.77. The molecule has 0 radical (unpaired) electrons. The van der Waals surface area contributed by atoms with Crippen molar-refractivity contribution < 1.29 is 4.74 Å². The van der Waals surface area contributed by atoms with Crippen LogP contribution in [-0.4, -0.2) is 7.11 Å². The third-order valence-corrected chi connectivity index (χ3v) is 2.61. The summed E-state index contributed by atoms with van der Waals surface area (Å²) in [4.78, 5) is 2.67. The number of hydrogen-bond acceptors (Lipinski definition) is 2. The normalized spacial score (nSPS) is 9.90. The molecule has 10 heavy (non-hydrogen) atoms. The molecular weight excluding hydrogens is 144 g/mol. The van der Waals surface area contributed by atoms with E-state index in [1.807, 2.05) is 11.3 Å². The molecular formula is C8H12OS. The molecule has 1 heterocycles. The minimum Gasteiger partial charge on any atom is -0.496 e. The zero-order valence-corrected chi connectivity index (χ0v) is 7.42. The SMILES string of the molecule is CCc1sc(C)cc1OC. The van der Waals surface area contributed by atoms with Gasteiger partial charge < -0.3 is 4.74 Å². The van der Waals surface area contributed by atoms with Crippen LogP contribution in [0.5, 0.6) is 5.75 Å². The van der Waals surface area contributed by atoms with E-state index in [9.17, 15) is 0 Å². The standard InChI is InChI=1S/C8H12OS/c1-4-8-7(9-3)5-6(2)10-8/h5H,4H2,1-3H3. The van der Waals surface area contributed by atoms with E-state index in [-0.39, 0.29) is 0 Å². The maximum absolute atomic E-state index is 5.17. The molecule has 0 aliphatic heterocycles. The van der Waals surface area contributed by atoms with Crippen molar-refractivity contribution >= 4 is 11.3 Å². The van der Waals surface area contributed by atoms with Crippen LogP contribution < -0.4 is 4.74 Å². The van der Waals surface area contributed by atoms with Crippen LogP contribution in [0.25, 0.3) is 0 Å². The predicted molar refractivity (Wildman–Crippen MR) is 45.0 cm³/mol. The first-order valence-electron chi connectivity index (χ1n) is 3.41. The highest BCUT2D eigenvalue weighted by molar-refractivity contribution is 7.12. The number of aryl methyl sites for hydroxylation is 2. The fourth-order valence-corrected chi connectivity index (χ4v) is 1.90. The molecule has 0 bridgehead atoms. The summed E-state index contributed by atoms with van der Waals surface area (Å²) >= 11 is 1.81. The zero-order chi connectivity index (χ0) is 7.56. The lowest BCUT2D eigenvalue weighted by Gasteiger charge is -1.96. The smallest absolute Gasteiger partial charge is 0.132 e. The van der Waals surface area contributed by atoms with Crippen molar-refractivity contribution in [1.82, 2.24) is 0 Å². The minimum absolute atomic E-state index is 1.05. The molecule has 56 valence electrons. The van der Waals surface area contributed by atoms with Crippen molar-refractivity contribution in [2.75, 3.05) is 7.11 Å². The first kappa shape index (κ1) is 7.61. The highest BCUT2D eigenvalue weighted by Gasteiger charge is 2.03. The molecule has 1 aromatic heterocycles. The average molecular weight is 156 g/mol. The molecule has 0 aromatic carbocycles. The Labute approximate surface area is 65.6 Å². The monoisotopic (exact) mass is 156 g/mol. The summed E-state index contributed by atoms with van der Waals surface area (Å²) in [7, 11) is 1.72. The van der Waals surface area contributed by atoms with Crippen LogP contribution in [0.2, 0.25) is 0 Å². The van der Waals surface area contributed by atoms with E-state index in [2.05, 4.69) is 19.9 Å². The lowest BCUT2D eigenvalue weighted by molar-refractivity contribution is 0.412. The van der Waals surface area contributed by atoms with Crippen LogP contribution >= 0.6 is 11.3 Å². The van der Waals surface area contributed by atoms with Gasteiger partial charge in [-0.05, 0) is 19.4 Å². The Kier molecular flexibility index (Phi) is 2.33. The molecule has 0 saturated carbocycles. The van der Waals surface area contributed by atoms with Gasteiger partial charge in [-0.15, -0.1) is 11.3 Å². The van der Waals surface area contributed by atoms with Crippen molar-refractivity contribution in [3.8, 4) is 5.75 Å². The molecule has 0 aliphatic rings. The molecule has 0 saturated heterocycles. The first-order valence-corrected chi connectivity index (χ1v) is 4.23. The van der Waals surface area contributed by atoms with Gasteiger partial charge in [0.25, 0.3) is 0 Å². The van der Waals surface area contributed by atoms with Crippen LogP contribution in [0.3, 0.4) is 0 Å². The van der Waals surface area contributed by atoms with E-state index in [1.54, 1.807) is 7.11 Å². The lowest BCUT2D eigenvalue weighted by atomic mass is 10.3. The maximum atomic E-state index is 5.17. The second-order valence-corrected chi connectivity index (χ2v) is 3.54. The Morgan fingerprint density at radius 3 is 2.70 bits per heavy atom. The average Bonchev–Trinajstić information content (AvgIpc) is 2.30. The molecule has 1 aromatic rings. The van der Waals surface area contributed by atoms with Gasteiger partial charge >= 0.3 is 0 Å². The Morgan fingerprint density at radius 2 is 2.30 bits per heavy atom.